The van der Waals surface area contributed by atoms with Crippen molar-refractivity contribution in [3.63, 3.8) is 0 Å². The molecule has 4 atom stereocenters. The molecule has 0 amide bonds. The molecule has 5 aromatic rings. The van der Waals surface area contributed by atoms with Crippen LogP contribution < -0.4 is 4.90 Å². The average molecular weight is 777 g/mol. The number of nitriles is 2. The van der Waals surface area contributed by atoms with Crippen molar-refractivity contribution in [2.75, 3.05) is 33.3 Å². The SMILES string of the molecule is COC(=O)C1(C(=O)OC)C[C@H]2C(C(=O)OC)(C(=O)OC)C[C@@H](c3cn(Cc4ccccc4)c4ccc(C#N)cc34)[C@]23c2cc(C#N)ccc2N(Cc2ccccc2)[C@H]13. The van der Waals surface area contributed by atoms with Crippen molar-refractivity contribution >= 4 is 40.5 Å². The number of rotatable bonds is 9. The summed E-state index contributed by atoms with van der Waals surface area (Å²) in [5, 5.41) is 21.3. The van der Waals surface area contributed by atoms with E-state index in [0.717, 1.165) is 16.6 Å². The van der Waals surface area contributed by atoms with E-state index < -0.39 is 58.0 Å². The standard InChI is InChI=1S/C46H40N4O8/c1-55-40(51)44(41(52)56-2)21-35(33-27-49(25-28-11-7-5-8-12-28)36-17-15-30(23-47)19-32(33)36)46-34-20-31(24-48)16-18-37(34)50(26-29-13-9-6-10-14-29)39(46)45(22-38(44)46,42(53)57-3)43(54)58-4/h5-20,27,35,38-39H,21-22,25-26H2,1-4H3/t35-,38-,39+,46+/m0/s1. The van der Waals surface area contributed by atoms with Crippen LogP contribution in [0.2, 0.25) is 0 Å². The van der Waals surface area contributed by atoms with Crippen molar-refractivity contribution in [1.82, 2.24) is 4.57 Å². The fraction of sp³-hybridized carbons (Fsp3) is 0.304. The van der Waals surface area contributed by atoms with E-state index in [1.54, 1.807) is 30.3 Å². The minimum Gasteiger partial charge on any atom is -0.468 e. The summed E-state index contributed by atoms with van der Waals surface area (Å²) in [6.07, 6.45) is 1.47. The van der Waals surface area contributed by atoms with E-state index in [9.17, 15) is 29.7 Å². The van der Waals surface area contributed by atoms with Crippen molar-refractivity contribution in [2.45, 2.75) is 43.3 Å². The van der Waals surface area contributed by atoms with Gasteiger partial charge in [0, 0.05) is 41.3 Å². The molecular formula is C46H40N4O8. The van der Waals surface area contributed by atoms with Gasteiger partial charge in [0.25, 0.3) is 0 Å². The average Bonchev–Trinajstić information content (AvgIpc) is 3.96. The van der Waals surface area contributed by atoms with Crippen molar-refractivity contribution in [3.8, 4) is 12.1 Å². The minimum absolute atomic E-state index is 0.150. The first kappa shape index (κ1) is 38.0. The van der Waals surface area contributed by atoms with Gasteiger partial charge >= 0.3 is 23.9 Å². The summed E-state index contributed by atoms with van der Waals surface area (Å²) in [6.45, 7) is 0.637. The first-order valence-corrected chi connectivity index (χ1v) is 18.9. The third-order valence-electron chi connectivity index (χ3n) is 12.9. The maximum atomic E-state index is 14.7. The Labute approximate surface area is 335 Å². The molecule has 0 unspecified atom stereocenters. The lowest BCUT2D eigenvalue weighted by atomic mass is 9.62. The second-order valence-corrected chi connectivity index (χ2v) is 15.3. The lowest BCUT2D eigenvalue weighted by Crippen LogP contribution is -2.58. The summed E-state index contributed by atoms with van der Waals surface area (Å²) >= 11 is 0. The fourth-order valence-corrected chi connectivity index (χ4v) is 10.9. The summed E-state index contributed by atoms with van der Waals surface area (Å²) in [6, 6.07) is 33.3. The van der Waals surface area contributed by atoms with Gasteiger partial charge in [-0.05, 0) is 83.3 Å². The number of anilines is 1. The summed E-state index contributed by atoms with van der Waals surface area (Å²) in [4.78, 5) is 60.8. The van der Waals surface area contributed by atoms with E-state index in [4.69, 9.17) is 18.9 Å². The normalized spacial score (nSPS) is 21.8. The third-order valence-corrected chi connectivity index (χ3v) is 12.9. The first-order chi connectivity index (χ1) is 28.1. The van der Waals surface area contributed by atoms with Crippen molar-refractivity contribution in [1.29, 1.82) is 10.5 Å². The highest BCUT2D eigenvalue weighted by Crippen LogP contribution is 2.77. The summed E-state index contributed by atoms with van der Waals surface area (Å²) in [5.41, 5.74) is -0.465. The van der Waals surface area contributed by atoms with Crippen molar-refractivity contribution in [2.24, 2.45) is 16.7 Å². The van der Waals surface area contributed by atoms with E-state index in [-0.39, 0.29) is 19.4 Å². The van der Waals surface area contributed by atoms with Crippen LogP contribution >= 0.6 is 0 Å². The van der Waals surface area contributed by atoms with Crippen molar-refractivity contribution < 1.29 is 38.1 Å². The molecule has 58 heavy (non-hydrogen) atoms. The highest BCUT2D eigenvalue weighted by atomic mass is 16.6. The van der Waals surface area contributed by atoms with Crippen LogP contribution in [0, 0.1) is 39.4 Å². The molecule has 0 saturated heterocycles. The van der Waals surface area contributed by atoms with Crippen LogP contribution in [0.25, 0.3) is 10.9 Å². The van der Waals surface area contributed by atoms with Gasteiger partial charge in [0.2, 0.25) is 0 Å². The molecule has 8 rings (SSSR count). The van der Waals surface area contributed by atoms with E-state index in [1.165, 1.54) is 28.4 Å². The second-order valence-electron chi connectivity index (χ2n) is 15.3. The predicted molar refractivity (Wildman–Crippen MR) is 210 cm³/mol. The number of carbonyl (C=O) groups excluding carboxylic acids is 4. The van der Waals surface area contributed by atoms with E-state index >= 15 is 0 Å². The first-order valence-electron chi connectivity index (χ1n) is 18.9. The molecule has 12 heteroatoms. The second kappa shape index (κ2) is 14.2. The number of methoxy groups -OCH3 is 4. The summed E-state index contributed by atoms with van der Waals surface area (Å²) < 4.78 is 24.2. The Hall–Kier alpha value is -6.92. The Kier molecular flexibility index (Phi) is 9.32. The largest absolute Gasteiger partial charge is 0.468 e. The molecule has 3 aliphatic rings. The highest BCUT2D eigenvalue weighted by Gasteiger charge is 2.85. The van der Waals surface area contributed by atoms with Gasteiger partial charge in [0.1, 0.15) is 0 Å². The van der Waals surface area contributed by atoms with Crippen LogP contribution in [0.15, 0.2) is 103 Å². The maximum Gasteiger partial charge on any atom is 0.325 e. The van der Waals surface area contributed by atoms with Gasteiger partial charge in [0.15, 0.2) is 10.8 Å². The number of carbonyl (C=O) groups is 4. The molecule has 1 spiro atoms. The number of benzene rings is 4. The third kappa shape index (κ3) is 5.10. The number of aromatic nitrogens is 1. The van der Waals surface area contributed by atoms with Gasteiger partial charge in [-0.3, -0.25) is 19.2 Å². The van der Waals surface area contributed by atoms with Crippen LogP contribution in [-0.2, 0) is 56.6 Å². The quantitative estimate of drug-likeness (QED) is 0.0992. The Bertz CT molecular complexity index is 2540. The molecule has 292 valence electrons. The fourth-order valence-electron chi connectivity index (χ4n) is 10.9. The molecule has 2 heterocycles. The number of nitrogens with zero attached hydrogens (tertiary/aromatic N) is 4. The zero-order valence-corrected chi connectivity index (χ0v) is 32.4. The number of esters is 4. The number of ether oxygens (including phenoxy) is 4. The van der Waals surface area contributed by atoms with E-state index in [0.29, 0.717) is 39.9 Å². The Morgan fingerprint density at radius 3 is 1.78 bits per heavy atom. The van der Waals surface area contributed by atoms with Crippen molar-refractivity contribution in [3.05, 3.63) is 137 Å². The number of fused-ring (bicyclic) bond motifs is 2. The molecule has 2 aliphatic carbocycles. The molecule has 0 radical (unpaired) electrons. The van der Waals surface area contributed by atoms with E-state index in [2.05, 4.69) is 16.7 Å². The molecule has 2 saturated carbocycles. The van der Waals surface area contributed by atoms with Crippen LogP contribution in [0.4, 0.5) is 5.69 Å². The smallest absolute Gasteiger partial charge is 0.325 e. The molecule has 4 aromatic carbocycles. The zero-order valence-electron chi connectivity index (χ0n) is 32.4. The van der Waals surface area contributed by atoms with Gasteiger partial charge in [0.05, 0.1) is 57.7 Å². The molecule has 0 bridgehead atoms. The Morgan fingerprint density at radius 1 is 0.672 bits per heavy atom. The number of hydrogen-bond donors (Lipinski definition) is 0. The van der Waals surface area contributed by atoms with E-state index in [1.807, 2.05) is 77.8 Å². The highest BCUT2D eigenvalue weighted by molar-refractivity contribution is 6.07. The van der Waals surface area contributed by atoms with Gasteiger partial charge in [-0.25, -0.2) is 0 Å². The minimum atomic E-state index is -2.11. The summed E-state index contributed by atoms with van der Waals surface area (Å²) in [5.74, 6) is -5.55. The van der Waals surface area contributed by atoms with Crippen LogP contribution in [0.5, 0.6) is 0 Å². The van der Waals surface area contributed by atoms with Crippen LogP contribution in [-0.4, -0.2) is 62.9 Å². The molecule has 0 N–H and O–H groups in total. The zero-order chi connectivity index (χ0) is 41.0. The lowest BCUT2D eigenvalue weighted by molar-refractivity contribution is -0.177. The molecule has 12 nitrogen and oxygen atoms in total. The van der Waals surface area contributed by atoms with Crippen LogP contribution in [0.3, 0.4) is 0 Å². The maximum absolute atomic E-state index is 14.7. The van der Waals surface area contributed by atoms with Gasteiger partial charge in [-0.1, -0.05) is 60.7 Å². The lowest BCUT2D eigenvalue weighted by Gasteiger charge is -2.43. The molecule has 1 aromatic heterocycles. The predicted octanol–water partition coefficient (Wildman–Crippen LogP) is 5.93. The molecule has 2 fully saturated rings. The van der Waals surface area contributed by atoms with Gasteiger partial charge in [-0.15, -0.1) is 0 Å². The van der Waals surface area contributed by atoms with Crippen LogP contribution in [0.1, 0.15) is 52.1 Å². The monoisotopic (exact) mass is 776 g/mol. The topological polar surface area (TPSA) is 161 Å². The number of hydrogen-bond acceptors (Lipinski definition) is 11. The van der Waals surface area contributed by atoms with Gasteiger partial charge in [-0.2, -0.15) is 10.5 Å². The van der Waals surface area contributed by atoms with Gasteiger partial charge < -0.3 is 28.4 Å². The molecular weight excluding hydrogens is 737 g/mol. The Morgan fingerprint density at radius 2 is 1.21 bits per heavy atom. The Balaban J connectivity index is 1.54. The molecule has 1 aliphatic heterocycles. The summed E-state index contributed by atoms with van der Waals surface area (Å²) in [7, 11) is 4.76.